The number of amides is 1. The lowest BCUT2D eigenvalue weighted by Crippen LogP contribution is -2.17. The molecule has 0 spiro atoms. The smallest absolute Gasteiger partial charge is 0.406 e. The van der Waals surface area contributed by atoms with Gasteiger partial charge in [-0.15, -0.1) is 24.5 Å². The van der Waals surface area contributed by atoms with E-state index in [0.29, 0.717) is 17.5 Å². The van der Waals surface area contributed by atoms with Crippen molar-refractivity contribution in [1.29, 1.82) is 0 Å². The van der Waals surface area contributed by atoms with Crippen LogP contribution in [0.1, 0.15) is 23.8 Å². The first-order chi connectivity index (χ1) is 11.3. The molecule has 128 valence electrons. The van der Waals surface area contributed by atoms with E-state index >= 15 is 0 Å². The number of halogens is 3. The Morgan fingerprint density at radius 1 is 1.38 bits per heavy atom. The highest BCUT2D eigenvalue weighted by Gasteiger charge is 2.39. The van der Waals surface area contributed by atoms with Gasteiger partial charge >= 0.3 is 6.36 Å². The molecular weight excluding hydrogens is 341 g/mol. The van der Waals surface area contributed by atoms with Crippen molar-refractivity contribution in [3.8, 4) is 5.75 Å². The van der Waals surface area contributed by atoms with Crippen molar-refractivity contribution >= 4 is 22.4 Å². The van der Waals surface area contributed by atoms with Gasteiger partial charge in [0.25, 0.3) is 0 Å². The van der Waals surface area contributed by atoms with Crippen molar-refractivity contribution < 1.29 is 22.7 Å². The van der Waals surface area contributed by atoms with Crippen LogP contribution in [0.5, 0.6) is 5.75 Å². The third kappa shape index (κ3) is 4.47. The molecule has 1 heterocycles. The van der Waals surface area contributed by atoms with E-state index in [1.807, 2.05) is 6.92 Å². The average Bonchev–Trinajstić information content (AvgIpc) is 3.06. The number of ether oxygens (including phenoxy) is 1. The number of thiazole rings is 1. The molecule has 0 saturated heterocycles. The molecule has 8 heteroatoms. The lowest BCUT2D eigenvalue weighted by atomic mass is 10.1. The fraction of sp³-hybridized carbons (Fsp3) is 0.375. The molecule has 1 saturated carbocycles. The maximum Gasteiger partial charge on any atom is 0.573 e. The zero-order chi connectivity index (χ0) is 17.3. The average molecular weight is 356 g/mol. The van der Waals surface area contributed by atoms with Crippen molar-refractivity contribution in [3.63, 3.8) is 0 Å². The van der Waals surface area contributed by atoms with Gasteiger partial charge in [-0.3, -0.25) is 4.79 Å². The maximum absolute atomic E-state index is 12.1. The molecule has 2 atom stereocenters. The molecule has 1 aromatic carbocycles. The van der Waals surface area contributed by atoms with E-state index in [1.54, 1.807) is 18.3 Å². The predicted molar refractivity (Wildman–Crippen MR) is 83.9 cm³/mol. The largest absolute Gasteiger partial charge is 0.573 e. The number of rotatable bonds is 5. The summed E-state index contributed by atoms with van der Waals surface area (Å²) in [6.45, 7) is 2.03. The highest BCUT2D eigenvalue weighted by molar-refractivity contribution is 7.15. The summed E-state index contributed by atoms with van der Waals surface area (Å²) in [6.07, 6.45) is -1.59. The number of anilines is 1. The van der Waals surface area contributed by atoms with Crippen LogP contribution in [0, 0.1) is 11.8 Å². The van der Waals surface area contributed by atoms with Crippen LogP contribution in [0.3, 0.4) is 0 Å². The fourth-order valence-corrected chi connectivity index (χ4v) is 3.19. The number of hydrogen-bond donors (Lipinski definition) is 1. The number of nitrogens with one attached hydrogen (secondary N) is 1. The molecule has 24 heavy (non-hydrogen) atoms. The van der Waals surface area contributed by atoms with E-state index in [4.69, 9.17) is 0 Å². The first-order valence-corrected chi connectivity index (χ1v) is 8.22. The number of carbonyl (C=O) groups excluding carboxylic acids is 1. The van der Waals surface area contributed by atoms with Gasteiger partial charge in [0.05, 0.1) is 0 Å². The van der Waals surface area contributed by atoms with Crippen molar-refractivity contribution in [3.05, 3.63) is 40.9 Å². The zero-order valence-corrected chi connectivity index (χ0v) is 13.6. The number of carbonyl (C=O) groups is 1. The first kappa shape index (κ1) is 16.8. The summed E-state index contributed by atoms with van der Waals surface area (Å²) >= 11 is 1.36. The third-order valence-electron chi connectivity index (χ3n) is 3.77. The Balaban J connectivity index is 1.57. The van der Waals surface area contributed by atoms with Crippen molar-refractivity contribution in [2.75, 3.05) is 5.32 Å². The third-order valence-corrected chi connectivity index (χ3v) is 4.68. The molecular formula is C16H15F3N2O2S. The van der Waals surface area contributed by atoms with Crippen LogP contribution in [-0.2, 0) is 11.2 Å². The van der Waals surface area contributed by atoms with Gasteiger partial charge in [0.2, 0.25) is 5.91 Å². The molecule has 2 unspecified atom stereocenters. The maximum atomic E-state index is 12.1. The zero-order valence-electron chi connectivity index (χ0n) is 12.8. The fourth-order valence-electron chi connectivity index (χ4n) is 2.34. The van der Waals surface area contributed by atoms with Gasteiger partial charge in [-0.2, -0.15) is 0 Å². The number of benzene rings is 1. The molecule has 4 nitrogen and oxygen atoms in total. The van der Waals surface area contributed by atoms with Crippen LogP contribution in [0.2, 0.25) is 0 Å². The summed E-state index contributed by atoms with van der Waals surface area (Å²) in [6, 6.07) is 5.71. The number of hydrogen-bond acceptors (Lipinski definition) is 4. The summed E-state index contributed by atoms with van der Waals surface area (Å²) in [4.78, 5) is 16.9. The summed E-state index contributed by atoms with van der Waals surface area (Å²) in [5, 5.41) is 3.35. The summed E-state index contributed by atoms with van der Waals surface area (Å²) in [5.74, 6) is 0.263. The molecule has 1 aliphatic rings. The molecule has 1 aliphatic carbocycles. The van der Waals surface area contributed by atoms with Gasteiger partial charge in [-0.25, -0.2) is 4.98 Å². The van der Waals surface area contributed by atoms with Crippen LogP contribution in [0.15, 0.2) is 30.5 Å². The first-order valence-electron chi connectivity index (χ1n) is 7.40. The van der Waals surface area contributed by atoms with Gasteiger partial charge in [-0.1, -0.05) is 19.1 Å². The highest BCUT2D eigenvalue weighted by atomic mass is 32.1. The molecule has 0 aliphatic heterocycles. The van der Waals surface area contributed by atoms with Crippen LogP contribution in [0.25, 0.3) is 0 Å². The Morgan fingerprint density at radius 2 is 2.04 bits per heavy atom. The van der Waals surface area contributed by atoms with E-state index in [1.165, 1.54) is 23.5 Å². The minimum Gasteiger partial charge on any atom is -0.406 e. The van der Waals surface area contributed by atoms with Gasteiger partial charge in [0.15, 0.2) is 5.13 Å². The van der Waals surface area contributed by atoms with Crippen LogP contribution in [-0.4, -0.2) is 17.3 Å². The van der Waals surface area contributed by atoms with E-state index < -0.39 is 6.36 Å². The van der Waals surface area contributed by atoms with Crippen molar-refractivity contribution in [2.45, 2.75) is 26.1 Å². The molecule has 1 fully saturated rings. The molecule has 1 aromatic heterocycles. The SMILES string of the molecule is CC1CC1C(=O)Nc1ncc(Cc2ccc(OC(F)(F)F)cc2)s1. The number of alkyl halides is 3. The summed E-state index contributed by atoms with van der Waals surface area (Å²) < 4.78 is 40.2. The highest BCUT2D eigenvalue weighted by Crippen LogP contribution is 2.38. The Labute approximate surface area is 140 Å². The molecule has 0 radical (unpaired) electrons. The minimum absolute atomic E-state index is 0.00273. The Kier molecular flexibility index (Phi) is 4.49. The Bertz CT molecular complexity index is 728. The topological polar surface area (TPSA) is 51.2 Å². The second-order valence-corrected chi connectivity index (χ2v) is 6.92. The second-order valence-electron chi connectivity index (χ2n) is 5.81. The standard InChI is InChI=1S/C16H15F3N2O2S/c1-9-6-13(9)14(22)21-15-20-8-12(24-15)7-10-2-4-11(5-3-10)23-16(17,18)19/h2-5,8-9,13H,6-7H2,1H3,(H,20,21,22). The lowest BCUT2D eigenvalue weighted by Gasteiger charge is -2.08. The van der Waals surface area contributed by atoms with Crippen LogP contribution >= 0.6 is 11.3 Å². The van der Waals surface area contributed by atoms with Crippen LogP contribution in [0.4, 0.5) is 18.3 Å². The predicted octanol–water partition coefficient (Wildman–Crippen LogP) is 4.23. The van der Waals surface area contributed by atoms with E-state index in [0.717, 1.165) is 16.9 Å². The summed E-state index contributed by atoms with van der Waals surface area (Å²) in [5.41, 5.74) is 0.835. The summed E-state index contributed by atoms with van der Waals surface area (Å²) in [7, 11) is 0. The second kappa shape index (κ2) is 6.43. The Morgan fingerprint density at radius 3 is 2.62 bits per heavy atom. The minimum atomic E-state index is -4.69. The molecule has 1 amide bonds. The van der Waals surface area contributed by atoms with E-state index in [9.17, 15) is 18.0 Å². The number of nitrogens with zero attached hydrogens (tertiary/aromatic N) is 1. The van der Waals surface area contributed by atoms with Gasteiger partial charge in [0, 0.05) is 23.4 Å². The van der Waals surface area contributed by atoms with Crippen molar-refractivity contribution in [1.82, 2.24) is 4.98 Å². The van der Waals surface area contributed by atoms with E-state index in [-0.39, 0.29) is 17.6 Å². The van der Waals surface area contributed by atoms with E-state index in [2.05, 4.69) is 15.0 Å². The van der Waals surface area contributed by atoms with Gasteiger partial charge < -0.3 is 10.1 Å². The monoisotopic (exact) mass is 356 g/mol. The lowest BCUT2D eigenvalue weighted by molar-refractivity contribution is -0.274. The molecule has 2 aromatic rings. The quantitative estimate of drug-likeness (QED) is 0.872. The van der Waals surface area contributed by atoms with Gasteiger partial charge in [0.1, 0.15) is 5.75 Å². The van der Waals surface area contributed by atoms with Crippen LogP contribution < -0.4 is 10.1 Å². The molecule has 1 N–H and O–H groups in total. The Hall–Kier alpha value is -2.09. The molecule has 0 bridgehead atoms. The number of aromatic nitrogens is 1. The van der Waals surface area contributed by atoms with Gasteiger partial charge in [-0.05, 0) is 30.0 Å². The van der Waals surface area contributed by atoms with Crippen molar-refractivity contribution in [2.24, 2.45) is 11.8 Å². The molecule has 3 rings (SSSR count). The normalized spacial score (nSPS) is 19.8.